The summed E-state index contributed by atoms with van der Waals surface area (Å²) < 4.78 is 17.4. The Kier molecular flexibility index (Phi) is 5.67. The van der Waals surface area contributed by atoms with Gasteiger partial charge in [0.05, 0.1) is 13.3 Å². The third-order valence-corrected chi connectivity index (χ3v) is 3.93. The van der Waals surface area contributed by atoms with Crippen LogP contribution in [0, 0.1) is 13.8 Å². The maximum absolute atomic E-state index is 12.0. The van der Waals surface area contributed by atoms with E-state index in [1.54, 1.807) is 0 Å². The summed E-state index contributed by atoms with van der Waals surface area (Å²) in [6, 6.07) is 4.43. The van der Waals surface area contributed by atoms with Crippen LogP contribution in [0.3, 0.4) is 0 Å². The monoisotopic (exact) mass is 270 g/mol. The Labute approximate surface area is 114 Å². The van der Waals surface area contributed by atoms with Gasteiger partial charge in [-0.3, -0.25) is 4.39 Å². The van der Waals surface area contributed by atoms with E-state index in [4.69, 9.17) is 4.18 Å². The molecule has 0 saturated carbocycles. The minimum Gasteiger partial charge on any atom is -0.310 e. The molecule has 1 rings (SSSR count). The summed E-state index contributed by atoms with van der Waals surface area (Å²) in [6.07, 6.45) is 0.463. The van der Waals surface area contributed by atoms with E-state index in [2.05, 4.69) is 46.8 Å². The Morgan fingerprint density at radius 2 is 1.72 bits per heavy atom. The highest BCUT2D eigenvalue weighted by Gasteiger charge is 2.16. The van der Waals surface area contributed by atoms with Crippen LogP contribution >= 0.6 is 12.0 Å². The number of hydrogen-bond donors (Lipinski definition) is 0. The largest absolute Gasteiger partial charge is 0.310 e. The van der Waals surface area contributed by atoms with E-state index >= 15 is 0 Å². The van der Waals surface area contributed by atoms with Crippen LogP contribution in [0.2, 0.25) is 0 Å². The molecular weight excluding hydrogens is 247 g/mol. The topological polar surface area (TPSA) is 9.23 Å². The highest BCUT2D eigenvalue weighted by atomic mass is 32.2. The van der Waals surface area contributed by atoms with Gasteiger partial charge in [-0.2, -0.15) is 0 Å². The van der Waals surface area contributed by atoms with E-state index in [9.17, 15) is 4.39 Å². The number of benzene rings is 1. The van der Waals surface area contributed by atoms with Gasteiger partial charge in [0.15, 0.2) is 0 Å². The van der Waals surface area contributed by atoms with Crippen LogP contribution in [0.1, 0.15) is 43.9 Å². The molecule has 0 fully saturated rings. The minimum atomic E-state index is -0.318. The summed E-state index contributed by atoms with van der Waals surface area (Å²) in [5.74, 6) is 0. The summed E-state index contributed by atoms with van der Waals surface area (Å²) >= 11 is 1.37. The van der Waals surface area contributed by atoms with E-state index in [-0.39, 0.29) is 12.1 Å². The van der Waals surface area contributed by atoms with Crippen LogP contribution in [-0.4, -0.2) is 13.3 Å². The standard InChI is InChI=1S/C15H23FOS/c1-11-9-13(15(3,4)5)10-12(2)14(11)18-17-8-6-7-16/h9-10H,6-8H2,1-5H3. The first kappa shape index (κ1) is 15.5. The van der Waals surface area contributed by atoms with E-state index in [1.807, 2.05) is 0 Å². The number of alkyl halides is 1. The van der Waals surface area contributed by atoms with Crippen molar-refractivity contribution in [2.75, 3.05) is 13.3 Å². The fourth-order valence-electron chi connectivity index (χ4n) is 1.73. The molecular formula is C15H23FOS. The Morgan fingerprint density at radius 3 is 2.17 bits per heavy atom. The summed E-state index contributed by atoms with van der Waals surface area (Å²) in [5.41, 5.74) is 3.95. The second-order valence-electron chi connectivity index (χ2n) is 5.64. The number of rotatable bonds is 5. The molecule has 102 valence electrons. The lowest BCUT2D eigenvalue weighted by Crippen LogP contribution is -2.12. The van der Waals surface area contributed by atoms with Crippen LogP contribution < -0.4 is 0 Å². The number of aryl methyl sites for hydroxylation is 2. The highest BCUT2D eigenvalue weighted by molar-refractivity contribution is 7.94. The molecule has 0 bridgehead atoms. The van der Waals surface area contributed by atoms with Crippen molar-refractivity contribution in [1.29, 1.82) is 0 Å². The van der Waals surface area contributed by atoms with Gasteiger partial charge in [0.1, 0.15) is 0 Å². The number of hydrogen-bond acceptors (Lipinski definition) is 2. The summed E-state index contributed by atoms with van der Waals surface area (Å²) in [7, 11) is 0. The quantitative estimate of drug-likeness (QED) is 0.551. The summed E-state index contributed by atoms with van der Waals surface area (Å²) in [4.78, 5) is 1.15. The smallest absolute Gasteiger partial charge is 0.0916 e. The summed E-state index contributed by atoms with van der Waals surface area (Å²) in [6.45, 7) is 11.0. The third kappa shape index (κ3) is 4.29. The highest BCUT2D eigenvalue weighted by Crippen LogP contribution is 2.32. The zero-order valence-electron chi connectivity index (χ0n) is 12.0. The van der Waals surface area contributed by atoms with Crippen molar-refractivity contribution in [3.05, 3.63) is 28.8 Å². The average molecular weight is 270 g/mol. The van der Waals surface area contributed by atoms with Crippen LogP contribution in [0.5, 0.6) is 0 Å². The van der Waals surface area contributed by atoms with Crippen molar-refractivity contribution in [2.24, 2.45) is 0 Å². The third-order valence-electron chi connectivity index (χ3n) is 2.83. The molecule has 0 radical (unpaired) electrons. The van der Waals surface area contributed by atoms with Gasteiger partial charge in [0, 0.05) is 23.4 Å². The molecule has 0 aromatic heterocycles. The fourth-order valence-corrected chi connectivity index (χ4v) is 2.43. The molecule has 3 heteroatoms. The molecule has 0 aliphatic heterocycles. The first-order valence-corrected chi connectivity index (χ1v) is 7.07. The zero-order chi connectivity index (χ0) is 13.8. The van der Waals surface area contributed by atoms with Gasteiger partial charge in [-0.1, -0.05) is 32.9 Å². The molecule has 0 heterocycles. The average Bonchev–Trinajstić information content (AvgIpc) is 2.25. The van der Waals surface area contributed by atoms with Crippen molar-refractivity contribution in [3.8, 4) is 0 Å². The maximum atomic E-state index is 12.0. The lowest BCUT2D eigenvalue weighted by molar-refractivity contribution is 0.331. The van der Waals surface area contributed by atoms with E-state index < -0.39 is 0 Å². The molecule has 0 unspecified atom stereocenters. The van der Waals surface area contributed by atoms with Gasteiger partial charge in [0.2, 0.25) is 0 Å². The fraction of sp³-hybridized carbons (Fsp3) is 0.600. The molecule has 0 aliphatic carbocycles. The zero-order valence-corrected chi connectivity index (χ0v) is 12.8. The van der Waals surface area contributed by atoms with Crippen LogP contribution in [0.4, 0.5) is 4.39 Å². The lowest BCUT2D eigenvalue weighted by Gasteiger charge is -2.22. The van der Waals surface area contributed by atoms with Crippen molar-refractivity contribution in [3.63, 3.8) is 0 Å². The Balaban J connectivity index is 2.82. The Morgan fingerprint density at radius 1 is 1.17 bits per heavy atom. The molecule has 0 saturated heterocycles. The Hall–Kier alpha value is -0.540. The second-order valence-corrected chi connectivity index (χ2v) is 6.45. The van der Waals surface area contributed by atoms with Crippen LogP contribution in [0.15, 0.2) is 17.0 Å². The van der Waals surface area contributed by atoms with Gasteiger partial charge >= 0.3 is 0 Å². The second kappa shape index (κ2) is 6.58. The van der Waals surface area contributed by atoms with Crippen molar-refractivity contribution in [2.45, 2.75) is 51.3 Å². The molecule has 1 nitrogen and oxygen atoms in total. The van der Waals surface area contributed by atoms with Crippen molar-refractivity contribution < 1.29 is 8.57 Å². The van der Waals surface area contributed by atoms with E-state index in [0.29, 0.717) is 13.0 Å². The van der Waals surface area contributed by atoms with E-state index in [1.165, 1.54) is 28.7 Å². The first-order chi connectivity index (χ1) is 8.36. The predicted octanol–water partition coefficient (Wildman–Crippen LogP) is 4.98. The van der Waals surface area contributed by atoms with Gasteiger partial charge in [-0.15, -0.1) is 0 Å². The minimum absolute atomic E-state index is 0.161. The molecule has 0 spiro atoms. The normalized spacial score (nSPS) is 11.9. The van der Waals surface area contributed by atoms with E-state index in [0.717, 1.165) is 4.90 Å². The molecule has 0 atom stereocenters. The van der Waals surface area contributed by atoms with Gasteiger partial charge < -0.3 is 4.18 Å². The van der Waals surface area contributed by atoms with Crippen LogP contribution in [0.25, 0.3) is 0 Å². The molecule has 0 aliphatic rings. The molecule has 18 heavy (non-hydrogen) atoms. The molecule has 0 N–H and O–H groups in total. The molecule has 1 aromatic rings. The van der Waals surface area contributed by atoms with Crippen molar-refractivity contribution in [1.82, 2.24) is 0 Å². The van der Waals surface area contributed by atoms with Crippen LogP contribution in [-0.2, 0) is 9.60 Å². The van der Waals surface area contributed by atoms with Gasteiger partial charge in [-0.05, 0) is 36.0 Å². The molecule has 0 amide bonds. The Bertz CT molecular complexity index is 373. The lowest BCUT2D eigenvalue weighted by atomic mass is 9.85. The maximum Gasteiger partial charge on any atom is 0.0916 e. The number of halogens is 1. The SMILES string of the molecule is Cc1cc(C(C)(C)C)cc(C)c1SOCCCF. The van der Waals surface area contributed by atoms with Gasteiger partial charge in [-0.25, -0.2) is 0 Å². The van der Waals surface area contributed by atoms with Gasteiger partial charge in [0.25, 0.3) is 0 Å². The summed E-state index contributed by atoms with van der Waals surface area (Å²) in [5, 5.41) is 0. The predicted molar refractivity (Wildman–Crippen MR) is 77.0 cm³/mol. The first-order valence-electron chi connectivity index (χ1n) is 6.33. The molecule has 1 aromatic carbocycles. The van der Waals surface area contributed by atoms with Crippen molar-refractivity contribution >= 4 is 12.0 Å².